The highest BCUT2D eigenvalue weighted by Gasteiger charge is 2.85. The first-order chi connectivity index (χ1) is 7.94. The Morgan fingerprint density at radius 1 is 0.824 bits per heavy atom. The number of rotatable bonds is 0. The van der Waals surface area contributed by atoms with E-state index in [1.165, 1.54) is 0 Å². The SMILES string of the molecule is CC1(C)O[C@]23[C@H](C=C[C@@H]2O)[C@@H]2C=C[C@@H](O)[C@@]23O1. The number of fused-ring (bicyclic) bond motifs is 1. The Labute approximate surface area is 99.5 Å². The summed E-state index contributed by atoms with van der Waals surface area (Å²) in [7, 11) is 0. The molecular formula is C13H16O4. The predicted octanol–water partition coefficient (Wildman–Crippen LogP) is 0.354. The maximum absolute atomic E-state index is 10.2. The van der Waals surface area contributed by atoms with Gasteiger partial charge in [0.2, 0.25) is 0 Å². The van der Waals surface area contributed by atoms with Crippen LogP contribution in [0.1, 0.15) is 13.8 Å². The van der Waals surface area contributed by atoms with Gasteiger partial charge >= 0.3 is 0 Å². The fraction of sp³-hybridized carbons (Fsp3) is 0.692. The first-order valence-corrected chi connectivity index (χ1v) is 6.07. The summed E-state index contributed by atoms with van der Waals surface area (Å²) < 4.78 is 12.0. The van der Waals surface area contributed by atoms with Gasteiger partial charge in [-0.15, -0.1) is 0 Å². The van der Waals surface area contributed by atoms with Crippen molar-refractivity contribution in [3.8, 4) is 0 Å². The molecule has 17 heavy (non-hydrogen) atoms. The van der Waals surface area contributed by atoms with Crippen molar-refractivity contribution in [1.82, 2.24) is 0 Å². The molecule has 2 fully saturated rings. The first-order valence-electron chi connectivity index (χ1n) is 6.07. The summed E-state index contributed by atoms with van der Waals surface area (Å²) >= 11 is 0. The molecule has 0 aromatic rings. The highest BCUT2D eigenvalue weighted by molar-refractivity contribution is 5.46. The fourth-order valence-electron chi connectivity index (χ4n) is 4.33. The summed E-state index contributed by atoms with van der Waals surface area (Å²) in [5.41, 5.74) is -1.60. The Bertz CT molecular complexity index is 414. The molecule has 0 aromatic heterocycles. The number of ether oxygens (including phenoxy) is 2. The maximum atomic E-state index is 10.2. The molecule has 4 nitrogen and oxygen atoms in total. The van der Waals surface area contributed by atoms with E-state index in [-0.39, 0.29) is 11.8 Å². The average molecular weight is 236 g/mol. The van der Waals surface area contributed by atoms with Crippen molar-refractivity contribution in [1.29, 1.82) is 0 Å². The Kier molecular flexibility index (Phi) is 1.52. The lowest BCUT2D eigenvalue weighted by Gasteiger charge is -2.59. The zero-order valence-corrected chi connectivity index (χ0v) is 9.83. The average Bonchev–Trinajstić information content (AvgIpc) is 2.73. The molecule has 0 unspecified atom stereocenters. The van der Waals surface area contributed by atoms with Crippen molar-refractivity contribution in [2.45, 2.75) is 43.0 Å². The van der Waals surface area contributed by atoms with Crippen LogP contribution < -0.4 is 0 Å². The standard InChI is InChI=1S/C13H16O4/c1-11(2)16-12-7(3-5-9(12)14)8-4-6-10(15)13(8,12)17-11/h3-10,14-15H,1-2H3/t7-,8+,9+,10-,12-,13+. The quantitative estimate of drug-likeness (QED) is 0.596. The van der Waals surface area contributed by atoms with Gasteiger partial charge in [-0.25, -0.2) is 0 Å². The van der Waals surface area contributed by atoms with E-state index >= 15 is 0 Å². The van der Waals surface area contributed by atoms with Crippen molar-refractivity contribution in [2.24, 2.45) is 11.8 Å². The molecule has 2 N–H and O–H groups in total. The number of aliphatic hydroxyl groups excluding tert-OH is 2. The van der Waals surface area contributed by atoms with Crippen LogP contribution in [0, 0.1) is 11.8 Å². The van der Waals surface area contributed by atoms with Crippen LogP contribution in [0.2, 0.25) is 0 Å². The Hall–Kier alpha value is -0.680. The van der Waals surface area contributed by atoms with Gasteiger partial charge in [-0.3, -0.25) is 0 Å². The molecule has 0 radical (unpaired) electrons. The third-order valence-corrected chi connectivity index (χ3v) is 4.70. The van der Waals surface area contributed by atoms with Crippen LogP contribution in [0.5, 0.6) is 0 Å². The van der Waals surface area contributed by atoms with E-state index in [9.17, 15) is 10.2 Å². The van der Waals surface area contributed by atoms with Crippen LogP contribution in [0.4, 0.5) is 0 Å². The molecule has 1 saturated carbocycles. The molecule has 1 saturated heterocycles. The van der Waals surface area contributed by atoms with Crippen molar-refractivity contribution in [2.75, 3.05) is 0 Å². The van der Waals surface area contributed by atoms with Crippen LogP contribution in [-0.4, -0.2) is 39.4 Å². The maximum Gasteiger partial charge on any atom is 0.164 e. The molecule has 2 spiro atoms. The molecule has 0 aromatic carbocycles. The lowest BCUT2D eigenvalue weighted by atomic mass is 9.51. The second-order valence-electron chi connectivity index (χ2n) is 5.90. The summed E-state index contributed by atoms with van der Waals surface area (Å²) in [6, 6.07) is 0. The van der Waals surface area contributed by atoms with Crippen LogP contribution in [0.3, 0.4) is 0 Å². The molecule has 92 valence electrons. The van der Waals surface area contributed by atoms with Gasteiger partial charge in [-0.1, -0.05) is 24.3 Å². The summed E-state index contributed by atoms with van der Waals surface area (Å²) in [6.07, 6.45) is 6.08. The molecule has 0 amide bonds. The fourth-order valence-corrected chi connectivity index (χ4v) is 4.33. The second kappa shape index (κ2) is 2.52. The van der Waals surface area contributed by atoms with Gasteiger partial charge < -0.3 is 19.7 Å². The van der Waals surface area contributed by atoms with Crippen molar-refractivity contribution in [3.05, 3.63) is 24.3 Å². The smallest absolute Gasteiger partial charge is 0.164 e. The third-order valence-electron chi connectivity index (χ3n) is 4.70. The van der Waals surface area contributed by atoms with E-state index in [0.717, 1.165) is 0 Å². The summed E-state index contributed by atoms with van der Waals surface area (Å²) in [4.78, 5) is 0. The summed E-state index contributed by atoms with van der Waals surface area (Å²) in [5, 5.41) is 20.5. The van der Waals surface area contributed by atoms with E-state index in [4.69, 9.17) is 9.47 Å². The summed E-state index contributed by atoms with van der Waals surface area (Å²) in [5.74, 6) is -0.562. The van der Waals surface area contributed by atoms with Crippen LogP contribution in [0.25, 0.3) is 0 Å². The Morgan fingerprint density at radius 3 is 1.65 bits per heavy atom. The molecule has 0 bridgehead atoms. The van der Waals surface area contributed by atoms with Crippen molar-refractivity contribution >= 4 is 0 Å². The van der Waals surface area contributed by atoms with Crippen molar-refractivity contribution in [3.63, 3.8) is 0 Å². The minimum absolute atomic E-state index is 0.104. The Morgan fingerprint density at radius 2 is 1.24 bits per heavy atom. The zero-order chi connectivity index (χ0) is 12.1. The Balaban J connectivity index is 1.90. The van der Waals surface area contributed by atoms with Gasteiger partial charge in [0.05, 0.1) is 0 Å². The van der Waals surface area contributed by atoms with E-state index in [1.807, 2.05) is 26.0 Å². The first kappa shape index (κ1) is 10.3. The van der Waals surface area contributed by atoms with Gasteiger partial charge in [-0.05, 0) is 13.8 Å². The molecule has 3 aliphatic carbocycles. The summed E-state index contributed by atoms with van der Waals surface area (Å²) in [6.45, 7) is 3.66. The lowest BCUT2D eigenvalue weighted by Crippen LogP contribution is -2.77. The normalized spacial score (nSPS) is 60.9. The molecule has 4 rings (SSSR count). The van der Waals surface area contributed by atoms with E-state index in [1.54, 1.807) is 12.2 Å². The van der Waals surface area contributed by atoms with E-state index in [0.29, 0.717) is 0 Å². The van der Waals surface area contributed by atoms with E-state index in [2.05, 4.69) is 0 Å². The molecule has 4 aliphatic rings. The van der Waals surface area contributed by atoms with Gasteiger partial charge in [0.25, 0.3) is 0 Å². The van der Waals surface area contributed by atoms with Gasteiger partial charge in [-0.2, -0.15) is 0 Å². The molecule has 1 heterocycles. The minimum atomic E-state index is -0.802. The topological polar surface area (TPSA) is 58.9 Å². The molecule has 6 atom stereocenters. The van der Waals surface area contributed by atoms with Gasteiger partial charge in [0.15, 0.2) is 5.79 Å². The zero-order valence-electron chi connectivity index (χ0n) is 9.83. The highest BCUT2D eigenvalue weighted by Crippen LogP contribution is 2.70. The highest BCUT2D eigenvalue weighted by atomic mass is 16.8. The van der Waals surface area contributed by atoms with Gasteiger partial charge in [0.1, 0.15) is 23.4 Å². The molecule has 1 aliphatic heterocycles. The largest absolute Gasteiger partial charge is 0.386 e. The number of hydrogen-bond donors (Lipinski definition) is 2. The predicted molar refractivity (Wildman–Crippen MR) is 59.0 cm³/mol. The van der Waals surface area contributed by atoms with Crippen molar-refractivity contribution < 1.29 is 19.7 Å². The monoisotopic (exact) mass is 236 g/mol. The van der Waals surface area contributed by atoms with Gasteiger partial charge in [0, 0.05) is 11.8 Å². The van der Waals surface area contributed by atoms with Crippen LogP contribution in [-0.2, 0) is 9.47 Å². The number of hydrogen-bond acceptors (Lipinski definition) is 4. The van der Waals surface area contributed by atoms with E-state index < -0.39 is 29.2 Å². The second-order valence-corrected chi connectivity index (χ2v) is 5.90. The number of aliphatic hydroxyl groups is 2. The molecule has 4 heteroatoms. The van der Waals surface area contributed by atoms with Crippen LogP contribution in [0.15, 0.2) is 24.3 Å². The third kappa shape index (κ3) is 0.799. The lowest BCUT2D eigenvalue weighted by molar-refractivity contribution is -0.249. The molecular weight excluding hydrogens is 220 g/mol. The van der Waals surface area contributed by atoms with Crippen LogP contribution >= 0.6 is 0 Å². The minimum Gasteiger partial charge on any atom is -0.386 e.